The predicted octanol–water partition coefficient (Wildman–Crippen LogP) is 5.08. The normalized spacial score (nSPS) is 14.0. The molecule has 0 unspecified atom stereocenters. The predicted molar refractivity (Wildman–Crippen MR) is 154 cm³/mol. The molecule has 0 bridgehead atoms. The van der Waals surface area contributed by atoms with Crippen molar-refractivity contribution in [3.05, 3.63) is 88.4 Å². The minimum atomic E-state index is -3.97. The molecule has 3 aromatic rings. The quantitative estimate of drug-likeness (QED) is 0.333. The molecule has 1 aliphatic heterocycles. The fraction of sp³-hybridized carbons (Fsp3) is 0.333. The van der Waals surface area contributed by atoms with Gasteiger partial charge < -0.3 is 14.4 Å². The first-order chi connectivity index (χ1) is 19.2. The van der Waals surface area contributed by atoms with Gasteiger partial charge in [0.25, 0.3) is 10.0 Å². The number of piperidine rings is 1. The molecule has 0 atom stereocenters. The molecule has 0 radical (unpaired) electrons. The number of halogens is 1. The van der Waals surface area contributed by atoms with E-state index in [4.69, 9.17) is 21.1 Å². The lowest BCUT2D eigenvalue weighted by Gasteiger charge is -2.31. The minimum absolute atomic E-state index is 0.0185. The Morgan fingerprint density at radius 3 is 2.30 bits per heavy atom. The number of likely N-dealkylation sites (tertiary alicyclic amines) is 1. The fourth-order valence-electron chi connectivity index (χ4n) is 4.80. The van der Waals surface area contributed by atoms with Crippen LogP contribution in [0.4, 0.5) is 5.69 Å². The summed E-state index contributed by atoms with van der Waals surface area (Å²) in [5.41, 5.74) is 2.68. The third-order valence-corrected chi connectivity index (χ3v) is 8.70. The van der Waals surface area contributed by atoms with Gasteiger partial charge in [0.2, 0.25) is 5.91 Å². The summed E-state index contributed by atoms with van der Waals surface area (Å²) in [6.45, 7) is 3.16. The van der Waals surface area contributed by atoms with Gasteiger partial charge in [-0.25, -0.2) is 8.42 Å². The van der Waals surface area contributed by atoms with Crippen LogP contribution in [0.1, 0.15) is 36.5 Å². The molecule has 0 spiro atoms. The molecule has 0 saturated carbocycles. The Hall–Kier alpha value is -3.56. The van der Waals surface area contributed by atoms with Crippen LogP contribution in [-0.2, 0) is 37.2 Å². The Bertz CT molecular complexity index is 1450. The molecule has 40 heavy (non-hydrogen) atoms. The van der Waals surface area contributed by atoms with Gasteiger partial charge in [0, 0.05) is 30.2 Å². The van der Waals surface area contributed by atoms with Crippen LogP contribution in [0.15, 0.2) is 71.6 Å². The number of para-hydroxylation sites is 1. The molecular weight excluding hydrogens is 552 g/mol. The number of hydrogen-bond donors (Lipinski definition) is 1. The van der Waals surface area contributed by atoms with Crippen LogP contribution in [0.2, 0.25) is 5.02 Å². The highest BCUT2D eigenvalue weighted by Gasteiger charge is 2.28. The molecule has 10 heteroatoms. The van der Waals surface area contributed by atoms with E-state index in [9.17, 15) is 18.0 Å². The van der Waals surface area contributed by atoms with Crippen molar-refractivity contribution >= 4 is 39.2 Å². The Morgan fingerprint density at radius 1 is 0.975 bits per heavy atom. The van der Waals surface area contributed by atoms with Gasteiger partial charge in [-0.15, -0.1) is 0 Å². The van der Waals surface area contributed by atoms with Gasteiger partial charge in [-0.1, -0.05) is 54.1 Å². The molecule has 1 saturated heterocycles. The summed E-state index contributed by atoms with van der Waals surface area (Å²) in [4.78, 5) is 26.5. The lowest BCUT2D eigenvalue weighted by atomic mass is 9.96. The second-order valence-electron chi connectivity index (χ2n) is 9.60. The molecule has 1 amide bonds. The van der Waals surface area contributed by atoms with E-state index in [0.29, 0.717) is 55.2 Å². The molecule has 8 nitrogen and oxygen atoms in total. The maximum absolute atomic E-state index is 13.3. The first kappa shape index (κ1) is 29.4. The first-order valence-electron chi connectivity index (χ1n) is 13.2. The average molecular weight is 585 g/mol. The second-order valence-corrected chi connectivity index (χ2v) is 11.7. The highest BCUT2D eigenvalue weighted by Crippen LogP contribution is 2.32. The van der Waals surface area contributed by atoms with Gasteiger partial charge in [-0.3, -0.25) is 14.3 Å². The Kier molecular flexibility index (Phi) is 9.71. The Balaban J connectivity index is 1.40. The average Bonchev–Trinajstić information content (AvgIpc) is 2.95. The van der Waals surface area contributed by atoms with E-state index < -0.39 is 10.0 Å². The van der Waals surface area contributed by atoms with Crippen LogP contribution in [-0.4, -0.2) is 52.0 Å². The molecule has 3 aromatic carbocycles. The smallest absolute Gasteiger partial charge is 0.309 e. The van der Waals surface area contributed by atoms with Gasteiger partial charge in [0.05, 0.1) is 26.1 Å². The maximum atomic E-state index is 13.3. The molecule has 0 aliphatic carbocycles. The SMILES string of the molecule is CCOC(=O)C1CCN(C(=O)Cc2ccc(NS(=O)(=O)c3cccc(Cc4ccccc4Cl)c3OC)cc2)CC1. The van der Waals surface area contributed by atoms with Gasteiger partial charge in [-0.05, 0) is 60.7 Å². The van der Waals surface area contributed by atoms with E-state index >= 15 is 0 Å². The zero-order valence-electron chi connectivity index (χ0n) is 22.6. The van der Waals surface area contributed by atoms with Crippen LogP contribution in [0.5, 0.6) is 5.75 Å². The molecule has 1 aliphatic rings. The Labute approximate surface area is 240 Å². The number of sulfonamides is 1. The van der Waals surface area contributed by atoms with E-state index in [0.717, 1.165) is 11.1 Å². The molecule has 1 heterocycles. The van der Waals surface area contributed by atoms with Crippen molar-refractivity contribution in [2.75, 3.05) is 31.5 Å². The lowest BCUT2D eigenvalue weighted by Crippen LogP contribution is -2.41. The highest BCUT2D eigenvalue weighted by molar-refractivity contribution is 7.92. The number of ether oxygens (including phenoxy) is 2. The molecule has 0 aromatic heterocycles. The van der Waals surface area contributed by atoms with E-state index in [1.807, 2.05) is 24.3 Å². The standard InChI is InChI=1S/C30H33ClN2O6S/c1-3-39-30(35)22-15-17-33(18-16-22)28(34)19-21-11-13-25(14-12-21)32-40(36,37)27-10-6-8-24(29(27)38-2)20-23-7-4-5-9-26(23)31/h4-14,22,32H,3,15-20H2,1-2H3. The molecule has 1 fully saturated rings. The van der Waals surface area contributed by atoms with Crippen molar-refractivity contribution in [3.8, 4) is 5.75 Å². The maximum Gasteiger partial charge on any atom is 0.309 e. The van der Waals surface area contributed by atoms with E-state index in [1.54, 1.807) is 48.2 Å². The third kappa shape index (κ3) is 7.14. The van der Waals surface area contributed by atoms with Gasteiger partial charge in [-0.2, -0.15) is 0 Å². The van der Waals surface area contributed by atoms with Crippen molar-refractivity contribution in [1.82, 2.24) is 4.90 Å². The van der Waals surface area contributed by atoms with Crippen LogP contribution in [0.25, 0.3) is 0 Å². The molecule has 212 valence electrons. The number of carbonyl (C=O) groups is 2. The fourth-order valence-corrected chi connectivity index (χ4v) is 6.28. The van der Waals surface area contributed by atoms with Crippen molar-refractivity contribution < 1.29 is 27.5 Å². The zero-order valence-corrected chi connectivity index (χ0v) is 24.1. The molecular formula is C30H33ClN2O6S. The second kappa shape index (κ2) is 13.2. The number of hydrogen-bond acceptors (Lipinski definition) is 6. The summed E-state index contributed by atoms with van der Waals surface area (Å²) in [6.07, 6.45) is 1.78. The summed E-state index contributed by atoms with van der Waals surface area (Å²) in [6, 6.07) is 19.1. The van der Waals surface area contributed by atoms with Gasteiger partial charge >= 0.3 is 5.97 Å². The van der Waals surface area contributed by atoms with Crippen LogP contribution in [0.3, 0.4) is 0 Å². The van der Waals surface area contributed by atoms with E-state index in [1.165, 1.54) is 13.2 Å². The van der Waals surface area contributed by atoms with Gasteiger partial charge in [0.1, 0.15) is 10.6 Å². The van der Waals surface area contributed by atoms with Crippen LogP contribution < -0.4 is 9.46 Å². The van der Waals surface area contributed by atoms with E-state index in [2.05, 4.69) is 4.72 Å². The number of nitrogens with one attached hydrogen (secondary N) is 1. The van der Waals surface area contributed by atoms with Crippen molar-refractivity contribution in [2.24, 2.45) is 5.92 Å². The number of benzene rings is 3. The third-order valence-electron chi connectivity index (χ3n) is 6.92. The van der Waals surface area contributed by atoms with Crippen molar-refractivity contribution in [3.63, 3.8) is 0 Å². The summed E-state index contributed by atoms with van der Waals surface area (Å²) < 4.78 is 39.9. The molecule has 1 N–H and O–H groups in total. The number of methoxy groups -OCH3 is 1. The van der Waals surface area contributed by atoms with Crippen LogP contribution in [0, 0.1) is 5.92 Å². The zero-order chi connectivity index (χ0) is 28.7. The number of rotatable bonds is 10. The first-order valence-corrected chi connectivity index (χ1v) is 15.0. The van der Waals surface area contributed by atoms with Crippen molar-refractivity contribution in [2.45, 2.75) is 37.5 Å². The minimum Gasteiger partial charge on any atom is -0.495 e. The topological polar surface area (TPSA) is 102 Å². The van der Waals surface area contributed by atoms with Crippen molar-refractivity contribution in [1.29, 1.82) is 0 Å². The largest absolute Gasteiger partial charge is 0.495 e. The highest BCUT2D eigenvalue weighted by atomic mass is 35.5. The number of anilines is 1. The molecule has 4 rings (SSSR count). The lowest BCUT2D eigenvalue weighted by molar-refractivity contribution is -0.151. The van der Waals surface area contributed by atoms with Crippen LogP contribution >= 0.6 is 11.6 Å². The summed E-state index contributed by atoms with van der Waals surface area (Å²) in [5, 5.41) is 0.593. The van der Waals surface area contributed by atoms with Gasteiger partial charge in [0.15, 0.2) is 0 Å². The summed E-state index contributed by atoms with van der Waals surface area (Å²) in [7, 11) is -2.53. The number of carbonyl (C=O) groups excluding carboxylic acids is 2. The number of esters is 1. The van der Waals surface area contributed by atoms with E-state index in [-0.39, 0.29) is 34.9 Å². The number of amides is 1. The summed E-state index contributed by atoms with van der Waals surface area (Å²) in [5.74, 6) is -0.135. The monoisotopic (exact) mass is 584 g/mol. The summed E-state index contributed by atoms with van der Waals surface area (Å²) >= 11 is 6.31. The Morgan fingerprint density at radius 2 is 1.65 bits per heavy atom. The number of nitrogens with zero attached hydrogens (tertiary/aromatic N) is 1.